The van der Waals surface area contributed by atoms with Crippen LogP contribution in [0.5, 0.6) is 0 Å². The minimum absolute atomic E-state index is 0.0945. The van der Waals surface area contributed by atoms with Crippen molar-refractivity contribution in [3.05, 3.63) is 34.9 Å². The van der Waals surface area contributed by atoms with Crippen molar-refractivity contribution in [1.29, 1.82) is 0 Å². The first-order chi connectivity index (χ1) is 17.4. The van der Waals surface area contributed by atoms with Gasteiger partial charge in [0.2, 0.25) is 0 Å². The largest absolute Gasteiger partial charge is 0.442 e. The van der Waals surface area contributed by atoms with E-state index in [9.17, 15) is 9.59 Å². The number of likely N-dealkylation sites (tertiary alicyclic amines) is 2. The molecule has 0 N–H and O–H groups in total. The minimum atomic E-state index is -0.287. The average molecular weight is 498 g/mol. The van der Waals surface area contributed by atoms with Crippen LogP contribution in [0.15, 0.2) is 18.2 Å². The zero-order valence-corrected chi connectivity index (χ0v) is 23.1. The van der Waals surface area contributed by atoms with E-state index in [0.717, 1.165) is 101 Å². The van der Waals surface area contributed by atoms with Crippen molar-refractivity contribution < 1.29 is 14.3 Å². The molecule has 2 amide bonds. The Morgan fingerprint density at radius 2 is 1.64 bits per heavy atom. The van der Waals surface area contributed by atoms with Crippen LogP contribution in [0, 0.1) is 19.8 Å². The van der Waals surface area contributed by atoms with Gasteiger partial charge in [0.05, 0.1) is 0 Å². The molecule has 3 aliphatic rings. The molecule has 1 spiro atoms. The molecule has 1 aromatic rings. The molecule has 1 aromatic carbocycles. The lowest BCUT2D eigenvalue weighted by Gasteiger charge is -2.52. The van der Waals surface area contributed by atoms with E-state index in [1.807, 2.05) is 41.8 Å². The molecule has 3 saturated heterocycles. The molecule has 1 unspecified atom stereocenters. The summed E-state index contributed by atoms with van der Waals surface area (Å²) in [6.45, 7) is 13.8. The number of carbonyl (C=O) groups excluding carboxylic acids is 2. The topological polar surface area (TPSA) is 53.1 Å². The molecule has 0 aliphatic carbocycles. The Balaban J connectivity index is 1.33. The molecule has 0 radical (unpaired) electrons. The summed E-state index contributed by atoms with van der Waals surface area (Å²) in [4.78, 5) is 32.7. The number of hydrogen-bond donors (Lipinski definition) is 0. The molecule has 0 bridgehead atoms. The highest BCUT2D eigenvalue weighted by Crippen LogP contribution is 2.41. The highest BCUT2D eigenvalue weighted by Gasteiger charge is 2.50. The molecule has 36 heavy (non-hydrogen) atoms. The van der Waals surface area contributed by atoms with Crippen LogP contribution >= 0.6 is 0 Å². The van der Waals surface area contributed by atoms with Crippen molar-refractivity contribution in [2.75, 3.05) is 39.3 Å². The summed E-state index contributed by atoms with van der Waals surface area (Å²) in [6.07, 6.45) is 9.49. The molecule has 3 fully saturated rings. The van der Waals surface area contributed by atoms with Crippen molar-refractivity contribution in [3.63, 3.8) is 0 Å². The molecule has 6 nitrogen and oxygen atoms in total. The quantitative estimate of drug-likeness (QED) is 0.455. The standard InChI is InChI=1S/C30H47N3O3/c1-5-7-12-25-22-33(17-8-6-2)29(35)36-30(25)15-20-31(21-16-30)26-13-18-32(19-14-26)28(34)27-23(3)10-9-11-24(27)4/h9-11,25-26H,5-8,12-22H2,1-4H3. The van der Waals surface area contributed by atoms with Gasteiger partial charge < -0.3 is 14.5 Å². The van der Waals surface area contributed by atoms with Gasteiger partial charge in [0, 0.05) is 69.6 Å². The molecule has 0 saturated carbocycles. The van der Waals surface area contributed by atoms with Gasteiger partial charge in [0.1, 0.15) is 5.60 Å². The molecule has 4 rings (SSSR count). The summed E-state index contributed by atoms with van der Waals surface area (Å²) in [5.41, 5.74) is 2.72. The van der Waals surface area contributed by atoms with Crippen LogP contribution in [-0.4, -0.2) is 77.6 Å². The third-order valence-corrected chi connectivity index (χ3v) is 9.03. The second-order valence-electron chi connectivity index (χ2n) is 11.4. The number of piperidine rings is 2. The molecule has 3 heterocycles. The Bertz CT molecular complexity index is 880. The summed E-state index contributed by atoms with van der Waals surface area (Å²) in [6, 6.07) is 6.60. The lowest BCUT2D eigenvalue weighted by Crippen LogP contribution is -2.61. The van der Waals surface area contributed by atoms with Crippen LogP contribution in [0.4, 0.5) is 4.79 Å². The van der Waals surface area contributed by atoms with Gasteiger partial charge in [-0.2, -0.15) is 0 Å². The van der Waals surface area contributed by atoms with E-state index in [4.69, 9.17) is 4.74 Å². The van der Waals surface area contributed by atoms with Crippen molar-refractivity contribution in [2.24, 2.45) is 5.92 Å². The maximum atomic E-state index is 13.2. The predicted molar refractivity (Wildman–Crippen MR) is 144 cm³/mol. The second kappa shape index (κ2) is 12.0. The van der Waals surface area contributed by atoms with Gasteiger partial charge in [-0.1, -0.05) is 51.3 Å². The molecular weight excluding hydrogens is 450 g/mol. The van der Waals surface area contributed by atoms with Gasteiger partial charge in [-0.05, 0) is 50.7 Å². The Kier molecular flexibility index (Phi) is 8.97. The van der Waals surface area contributed by atoms with Crippen molar-refractivity contribution in [1.82, 2.24) is 14.7 Å². The van der Waals surface area contributed by atoms with E-state index in [0.29, 0.717) is 12.0 Å². The van der Waals surface area contributed by atoms with Gasteiger partial charge in [-0.3, -0.25) is 9.69 Å². The summed E-state index contributed by atoms with van der Waals surface area (Å²) in [5.74, 6) is 0.619. The summed E-state index contributed by atoms with van der Waals surface area (Å²) < 4.78 is 6.30. The number of rotatable bonds is 8. The first-order valence-corrected chi connectivity index (χ1v) is 14.5. The maximum absolute atomic E-state index is 13.2. The first-order valence-electron chi connectivity index (χ1n) is 14.5. The highest BCUT2D eigenvalue weighted by molar-refractivity contribution is 5.97. The van der Waals surface area contributed by atoms with Crippen molar-refractivity contribution >= 4 is 12.0 Å². The molecule has 3 aliphatic heterocycles. The van der Waals surface area contributed by atoms with E-state index < -0.39 is 0 Å². The number of amides is 2. The lowest BCUT2D eigenvalue weighted by molar-refractivity contribution is -0.125. The van der Waals surface area contributed by atoms with E-state index in [1.54, 1.807) is 0 Å². The Hall–Kier alpha value is -2.08. The molecule has 1 atom stereocenters. The summed E-state index contributed by atoms with van der Waals surface area (Å²) >= 11 is 0. The second-order valence-corrected chi connectivity index (χ2v) is 11.4. The Labute approximate surface area is 218 Å². The zero-order chi connectivity index (χ0) is 25.7. The minimum Gasteiger partial charge on any atom is -0.442 e. The number of carbonyl (C=O) groups is 2. The fourth-order valence-corrected chi connectivity index (χ4v) is 6.69. The smallest absolute Gasteiger partial charge is 0.410 e. The lowest BCUT2D eigenvalue weighted by atomic mass is 9.75. The summed E-state index contributed by atoms with van der Waals surface area (Å²) in [7, 11) is 0. The molecule has 6 heteroatoms. The number of hydrogen-bond acceptors (Lipinski definition) is 4. The normalized spacial score (nSPS) is 23.2. The van der Waals surface area contributed by atoms with Gasteiger partial charge in [-0.25, -0.2) is 4.79 Å². The zero-order valence-electron chi connectivity index (χ0n) is 23.1. The van der Waals surface area contributed by atoms with Crippen LogP contribution in [0.3, 0.4) is 0 Å². The fourth-order valence-electron chi connectivity index (χ4n) is 6.69. The first kappa shape index (κ1) is 27.0. The summed E-state index contributed by atoms with van der Waals surface area (Å²) in [5, 5.41) is 0. The Morgan fingerprint density at radius 1 is 1.00 bits per heavy atom. The Morgan fingerprint density at radius 3 is 2.25 bits per heavy atom. The number of benzene rings is 1. The highest BCUT2D eigenvalue weighted by atomic mass is 16.6. The van der Waals surface area contributed by atoms with Gasteiger partial charge in [0.25, 0.3) is 5.91 Å². The predicted octanol–water partition coefficient (Wildman–Crippen LogP) is 5.80. The van der Waals surface area contributed by atoms with Crippen LogP contribution in [-0.2, 0) is 4.74 Å². The van der Waals surface area contributed by atoms with Crippen molar-refractivity contribution in [2.45, 2.75) is 97.1 Å². The van der Waals surface area contributed by atoms with Crippen LogP contribution in [0.25, 0.3) is 0 Å². The van der Waals surface area contributed by atoms with Gasteiger partial charge in [-0.15, -0.1) is 0 Å². The number of aryl methyl sites for hydroxylation is 2. The third-order valence-electron chi connectivity index (χ3n) is 9.03. The third kappa shape index (κ3) is 5.74. The van der Waals surface area contributed by atoms with Crippen molar-refractivity contribution in [3.8, 4) is 0 Å². The van der Waals surface area contributed by atoms with Crippen LogP contribution in [0.2, 0.25) is 0 Å². The molecule has 200 valence electrons. The number of unbranched alkanes of at least 4 members (excludes halogenated alkanes) is 2. The number of nitrogens with zero attached hydrogens (tertiary/aromatic N) is 3. The van der Waals surface area contributed by atoms with E-state index in [2.05, 4.69) is 18.7 Å². The molecular formula is C30H47N3O3. The monoisotopic (exact) mass is 497 g/mol. The van der Waals surface area contributed by atoms with E-state index in [-0.39, 0.29) is 17.6 Å². The SMILES string of the molecule is CCCCC1CN(CCCC)C(=O)OC12CCN(C1CCN(C(=O)c3c(C)cccc3C)CC1)CC2. The average Bonchev–Trinajstić information content (AvgIpc) is 2.88. The fraction of sp³-hybridized carbons (Fsp3) is 0.733. The molecule has 0 aromatic heterocycles. The van der Waals surface area contributed by atoms with E-state index >= 15 is 0 Å². The number of ether oxygens (including phenoxy) is 1. The maximum Gasteiger partial charge on any atom is 0.410 e. The van der Waals surface area contributed by atoms with Gasteiger partial charge >= 0.3 is 6.09 Å². The van der Waals surface area contributed by atoms with Crippen LogP contribution < -0.4 is 0 Å². The van der Waals surface area contributed by atoms with E-state index in [1.165, 1.54) is 12.8 Å². The van der Waals surface area contributed by atoms with Crippen LogP contribution in [0.1, 0.15) is 93.1 Å². The van der Waals surface area contributed by atoms with Gasteiger partial charge in [0.15, 0.2) is 0 Å².